The van der Waals surface area contributed by atoms with Gasteiger partial charge < -0.3 is 0 Å². The fourth-order valence-electron chi connectivity index (χ4n) is 0.552. The van der Waals surface area contributed by atoms with E-state index in [-0.39, 0.29) is 4.35 Å². The van der Waals surface area contributed by atoms with Crippen molar-refractivity contribution in [1.29, 1.82) is 0 Å². The molecule has 52 valence electrons. The first-order valence-electron chi connectivity index (χ1n) is 2.48. The fraction of sp³-hybridized carbons (Fsp3) is 0. The van der Waals surface area contributed by atoms with Gasteiger partial charge >= 0.3 is 64.6 Å². The Balaban J connectivity index is 3.31. The number of benzene rings is 1. The second-order valence-electron chi connectivity index (χ2n) is 1.76. The molecule has 0 amide bonds. The van der Waals surface area contributed by atoms with Crippen LogP contribution < -0.4 is 4.35 Å². The van der Waals surface area contributed by atoms with Crippen molar-refractivity contribution >= 4 is 21.2 Å². The van der Waals surface area contributed by atoms with Crippen LogP contribution in [0.1, 0.15) is 0 Å². The van der Waals surface area contributed by atoms with Gasteiger partial charge in [-0.2, -0.15) is 0 Å². The molecule has 0 aliphatic rings. The van der Waals surface area contributed by atoms with Crippen LogP contribution in [0.2, 0.25) is 0 Å². The third-order valence-electron chi connectivity index (χ3n) is 1.01. The van der Waals surface area contributed by atoms with Gasteiger partial charge in [-0.05, 0) is 0 Å². The third-order valence-corrected chi connectivity index (χ3v) is 1.72. The summed E-state index contributed by atoms with van der Waals surface area (Å²) in [5.74, 6) is -2.14. The summed E-state index contributed by atoms with van der Waals surface area (Å²) in [5, 5.41) is 8.77. The molecule has 0 aliphatic heterocycles. The summed E-state index contributed by atoms with van der Waals surface area (Å²) in [4.78, 5) is 0. The van der Waals surface area contributed by atoms with Crippen LogP contribution in [-0.2, 0) is 0 Å². The molecule has 4 heteroatoms. The summed E-state index contributed by atoms with van der Waals surface area (Å²) in [6.45, 7) is 0. The van der Waals surface area contributed by atoms with Gasteiger partial charge in [0.05, 0.1) is 0 Å². The van der Waals surface area contributed by atoms with Gasteiger partial charge in [0, 0.05) is 0 Å². The molecule has 1 aromatic carbocycles. The van der Waals surface area contributed by atoms with E-state index in [0.29, 0.717) is 6.07 Å². The first kappa shape index (κ1) is 7.54. The van der Waals surface area contributed by atoms with Gasteiger partial charge in [0.2, 0.25) is 0 Å². The van der Waals surface area contributed by atoms with Gasteiger partial charge in [-0.3, -0.25) is 0 Å². The van der Waals surface area contributed by atoms with Crippen molar-refractivity contribution < 1.29 is 13.9 Å². The van der Waals surface area contributed by atoms with E-state index in [4.69, 9.17) is 5.11 Å². The molecule has 1 aromatic rings. The Labute approximate surface area is 65.2 Å². The molecule has 10 heavy (non-hydrogen) atoms. The van der Waals surface area contributed by atoms with Crippen LogP contribution in [0.4, 0.5) is 8.78 Å². The molecule has 0 atom stereocenters. The molecule has 0 spiro atoms. The minimum atomic E-state index is -0.935. The average Bonchev–Trinajstić information content (AvgIpc) is 1.82. The Hall–Kier alpha value is -0.562. The van der Waals surface area contributed by atoms with E-state index in [2.05, 4.69) is 0 Å². The van der Waals surface area contributed by atoms with Crippen molar-refractivity contribution in [3.63, 3.8) is 0 Å². The molecule has 0 fully saturated rings. The van der Waals surface area contributed by atoms with Crippen LogP contribution in [0.5, 0.6) is 5.75 Å². The van der Waals surface area contributed by atoms with Crippen LogP contribution >= 0.6 is 0 Å². The summed E-state index contributed by atoms with van der Waals surface area (Å²) in [5.41, 5.74) is 0. The zero-order valence-electron chi connectivity index (χ0n) is 4.81. The van der Waals surface area contributed by atoms with Gasteiger partial charge in [-0.1, -0.05) is 0 Å². The Bertz CT molecular complexity index is 239. The van der Waals surface area contributed by atoms with Crippen LogP contribution in [0, 0.1) is 11.6 Å². The number of phenols is 1. The molecule has 1 rings (SSSR count). The maximum absolute atomic E-state index is 12.3. The van der Waals surface area contributed by atoms with Crippen LogP contribution in [0.3, 0.4) is 0 Å². The normalized spacial score (nSPS) is 9.90. The first-order chi connectivity index (χ1) is 4.61. The van der Waals surface area contributed by atoms with E-state index in [1.807, 2.05) is 16.9 Å². The van der Waals surface area contributed by atoms with Gasteiger partial charge in [-0.25, -0.2) is 0 Å². The third kappa shape index (κ3) is 1.29. The Morgan fingerprint density at radius 3 is 2.40 bits per heavy atom. The SMILES string of the molecule is Oc1c(F)cc(F)cc1[As]. The number of aromatic hydroxyl groups is 1. The molecule has 1 nitrogen and oxygen atoms in total. The molecule has 0 bridgehead atoms. The van der Waals surface area contributed by atoms with Gasteiger partial charge in [-0.15, -0.1) is 0 Å². The van der Waals surface area contributed by atoms with Crippen molar-refractivity contribution in [3.8, 4) is 5.75 Å². The summed E-state index contributed by atoms with van der Waals surface area (Å²) >= 11 is 1.88. The zero-order valence-corrected chi connectivity index (χ0v) is 6.68. The van der Waals surface area contributed by atoms with Crippen molar-refractivity contribution in [2.24, 2.45) is 0 Å². The minimum absolute atomic E-state index is 0.144. The second kappa shape index (κ2) is 2.59. The van der Waals surface area contributed by atoms with E-state index in [0.717, 1.165) is 6.07 Å². The number of halogens is 2. The van der Waals surface area contributed by atoms with Crippen LogP contribution in [0.15, 0.2) is 12.1 Å². The van der Waals surface area contributed by atoms with Crippen LogP contribution in [0.25, 0.3) is 0 Å². The monoisotopic (exact) mass is 204 g/mol. The molecular weight excluding hydrogens is 201 g/mol. The summed E-state index contributed by atoms with van der Waals surface area (Å²) in [6.07, 6.45) is 0. The van der Waals surface area contributed by atoms with Crippen molar-refractivity contribution in [2.45, 2.75) is 0 Å². The molecule has 0 heterocycles. The van der Waals surface area contributed by atoms with Gasteiger partial charge in [0.1, 0.15) is 0 Å². The molecule has 0 saturated heterocycles. The number of phenolic OH excluding ortho intramolecular Hbond substituents is 1. The van der Waals surface area contributed by atoms with E-state index in [1.54, 1.807) is 0 Å². The molecule has 1 N–H and O–H groups in total. The number of hydrogen-bond donors (Lipinski definition) is 1. The average molecular weight is 204 g/mol. The Morgan fingerprint density at radius 1 is 1.30 bits per heavy atom. The Kier molecular flexibility index (Phi) is 1.95. The fourth-order valence-corrected chi connectivity index (χ4v) is 1.04. The standard InChI is InChI=1S/C6H3AsF2O/c7-4-1-3(8)2-5(9)6(4)10/h1-2,10H. The van der Waals surface area contributed by atoms with Crippen molar-refractivity contribution in [1.82, 2.24) is 0 Å². The van der Waals surface area contributed by atoms with Crippen LogP contribution in [-0.4, -0.2) is 22.0 Å². The van der Waals surface area contributed by atoms with E-state index in [1.165, 1.54) is 0 Å². The van der Waals surface area contributed by atoms with E-state index < -0.39 is 17.4 Å². The van der Waals surface area contributed by atoms with Gasteiger partial charge in [0.25, 0.3) is 0 Å². The topological polar surface area (TPSA) is 20.2 Å². The first-order valence-corrected chi connectivity index (χ1v) is 3.42. The molecule has 0 aromatic heterocycles. The van der Waals surface area contributed by atoms with Crippen molar-refractivity contribution in [2.75, 3.05) is 0 Å². The quantitative estimate of drug-likeness (QED) is 0.609. The summed E-state index contributed by atoms with van der Waals surface area (Å²) in [6, 6.07) is 1.67. The molecule has 2 radical (unpaired) electrons. The number of hydrogen-bond acceptors (Lipinski definition) is 1. The predicted molar refractivity (Wildman–Crippen MR) is 33.4 cm³/mol. The number of rotatable bonds is 0. The van der Waals surface area contributed by atoms with E-state index >= 15 is 0 Å². The molecular formula is C6H3AsF2O. The molecule has 0 saturated carbocycles. The second-order valence-corrected chi connectivity index (χ2v) is 2.77. The molecule has 0 unspecified atom stereocenters. The van der Waals surface area contributed by atoms with Gasteiger partial charge in [0.15, 0.2) is 0 Å². The Morgan fingerprint density at radius 2 is 1.90 bits per heavy atom. The van der Waals surface area contributed by atoms with Crippen molar-refractivity contribution in [3.05, 3.63) is 23.8 Å². The predicted octanol–water partition coefficient (Wildman–Crippen LogP) is 0.464. The molecule has 0 aliphatic carbocycles. The summed E-state index contributed by atoms with van der Waals surface area (Å²) < 4.78 is 24.7. The summed E-state index contributed by atoms with van der Waals surface area (Å²) in [7, 11) is 0. The zero-order chi connectivity index (χ0) is 7.72. The maximum atomic E-state index is 12.3. The van der Waals surface area contributed by atoms with E-state index in [9.17, 15) is 8.78 Å².